The highest BCUT2D eigenvalue weighted by Gasteiger charge is 2.29. The van der Waals surface area contributed by atoms with Crippen LogP contribution in [-0.4, -0.2) is 22.1 Å². The van der Waals surface area contributed by atoms with Crippen LogP contribution in [0, 0.1) is 20.8 Å². The maximum Gasteiger partial charge on any atom is 0.357 e. The summed E-state index contributed by atoms with van der Waals surface area (Å²) < 4.78 is 7.17. The van der Waals surface area contributed by atoms with E-state index in [9.17, 15) is 4.79 Å². The van der Waals surface area contributed by atoms with Crippen molar-refractivity contribution in [1.82, 2.24) is 9.55 Å². The van der Waals surface area contributed by atoms with E-state index < -0.39 is 6.17 Å². The van der Waals surface area contributed by atoms with Crippen molar-refractivity contribution in [3.63, 3.8) is 0 Å². The molecule has 154 valence electrons. The smallest absolute Gasteiger partial charge is 0.357 e. The standard InChI is InChI=1S/C23H25N5O2/c1-5-30-19-10-7-17(8-11-19)21-26-22(25-18-9-6-14(2)15(3)12-18)27-23-24-16(4)13-20(29)28(21)23/h6-13,21H,5H2,1-4H3,(H2,24,25,26,27)/p+1. The zero-order chi connectivity index (χ0) is 21.3. The van der Waals surface area contributed by atoms with Crippen LogP contribution in [0.3, 0.4) is 0 Å². The van der Waals surface area contributed by atoms with Crippen LogP contribution in [-0.2, 0) is 0 Å². The summed E-state index contributed by atoms with van der Waals surface area (Å²) in [5, 5.41) is 6.59. The van der Waals surface area contributed by atoms with Crippen molar-refractivity contribution in [2.45, 2.75) is 33.9 Å². The third kappa shape index (κ3) is 3.91. The van der Waals surface area contributed by atoms with Crippen molar-refractivity contribution in [2.75, 3.05) is 17.2 Å². The predicted molar refractivity (Wildman–Crippen MR) is 118 cm³/mol. The van der Waals surface area contributed by atoms with E-state index >= 15 is 0 Å². The molecule has 0 amide bonds. The molecule has 0 bridgehead atoms. The van der Waals surface area contributed by atoms with E-state index in [1.54, 1.807) is 4.57 Å². The van der Waals surface area contributed by atoms with Crippen molar-refractivity contribution in [3.05, 3.63) is 81.3 Å². The van der Waals surface area contributed by atoms with Gasteiger partial charge in [-0.1, -0.05) is 6.07 Å². The Morgan fingerprint density at radius 1 is 1.10 bits per heavy atom. The van der Waals surface area contributed by atoms with E-state index in [4.69, 9.17) is 4.74 Å². The number of anilines is 2. The van der Waals surface area contributed by atoms with Gasteiger partial charge < -0.3 is 4.74 Å². The van der Waals surface area contributed by atoms with Crippen LogP contribution < -0.4 is 25.9 Å². The Hall–Kier alpha value is -3.61. The number of nitrogens with zero attached hydrogens (tertiary/aromatic N) is 2. The van der Waals surface area contributed by atoms with Gasteiger partial charge >= 0.3 is 5.96 Å². The van der Waals surface area contributed by atoms with E-state index in [0.717, 1.165) is 17.0 Å². The molecule has 1 atom stereocenters. The molecule has 2 heterocycles. The van der Waals surface area contributed by atoms with Gasteiger partial charge in [0.25, 0.3) is 11.5 Å². The van der Waals surface area contributed by atoms with Gasteiger partial charge in [-0.2, -0.15) is 0 Å². The number of fused-ring (bicyclic) bond motifs is 1. The van der Waals surface area contributed by atoms with Crippen LogP contribution in [0.2, 0.25) is 0 Å². The molecule has 2 aromatic carbocycles. The molecule has 3 N–H and O–H groups in total. The monoisotopic (exact) mass is 404 g/mol. The fraction of sp³-hybridized carbons (Fsp3) is 0.261. The summed E-state index contributed by atoms with van der Waals surface area (Å²) in [6.07, 6.45) is -0.411. The van der Waals surface area contributed by atoms with Crippen LogP contribution in [0.25, 0.3) is 0 Å². The Morgan fingerprint density at radius 3 is 2.57 bits per heavy atom. The normalized spacial score (nSPS) is 15.1. The summed E-state index contributed by atoms with van der Waals surface area (Å²) in [4.78, 5) is 20.7. The lowest BCUT2D eigenvalue weighted by Crippen LogP contribution is -2.82. The summed E-state index contributed by atoms with van der Waals surface area (Å²) in [6, 6.07) is 15.5. The molecule has 7 nitrogen and oxygen atoms in total. The third-order valence-electron chi connectivity index (χ3n) is 5.14. The fourth-order valence-corrected chi connectivity index (χ4v) is 3.47. The molecule has 0 aliphatic carbocycles. The lowest BCUT2D eigenvalue weighted by atomic mass is 10.1. The second-order valence-electron chi connectivity index (χ2n) is 7.40. The van der Waals surface area contributed by atoms with E-state index in [1.165, 1.54) is 17.2 Å². The van der Waals surface area contributed by atoms with Crippen LogP contribution in [0.15, 0.2) is 53.3 Å². The molecule has 7 heteroatoms. The Kier molecular flexibility index (Phi) is 5.27. The minimum Gasteiger partial charge on any atom is -0.494 e. The first-order valence-corrected chi connectivity index (χ1v) is 10.0. The Bertz CT molecular complexity index is 1170. The molecule has 4 rings (SSSR count). The van der Waals surface area contributed by atoms with Gasteiger partial charge in [0, 0.05) is 17.3 Å². The van der Waals surface area contributed by atoms with Crippen molar-refractivity contribution < 1.29 is 9.73 Å². The van der Waals surface area contributed by atoms with Gasteiger partial charge in [0.05, 0.1) is 12.3 Å². The van der Waals surface area contributed by atoms with E-state index in [0.29, 0.717) is 24.2 Å². The zero-order valence-electron chi connectivity index (χ0n) is 17.6. The van der Waals surface area contributed by atoms with Crippen molar-refractivity contribution in [3.8, 4) is 5.75 Å². The second-order valence-corrected chi connectivity index (χ2v) is 7.40. The molecule has 1 aromatic heterocycles. The molecule has 0 saturated carbocycles. The highest BCUT2D eigenvalue weighted by Crippen LogP contribution is 2.20. The number of guanidine groups is 1. The van der Waals surface area contributed by atoms with Gasteiger partial charge in [0.2, 0.25) is 0 Å². The van der Waals surface area contributed by atoms with Gasteiger partial charge in [0.1, 0.15) is 5.75 Å². The minimum absolute atomic E-state index is 0.124. The minimum atomic E-state index is -0.411. The molecule has 30 heavy (non-hydrogen) atoms. The van der Waals surface area contributed by atoms with E-state index in [-0.39, 0.29) is 5.56 Å². The van der Waals surface area contributed by atoms with E-state index in [1.807, 2.05) is 44.2 Å². The summed E-state index contributed by atoms with van der Waals surface area (Å²) in [5.74, 6) is 1.95. The molecule has 0 fully saturated rings. The summed E-state index contributed by atoms with van der Waals surface area (Å²) in [5.41, 5.74) is 4.84. The molecule has 0 radical (unpaired) electrons. The summed E-state index contributed by atoms with van der Waals surface area (Å²) in [7, 11) is 0. The van der Waals surface area contributed by atoms with Crippen LogP contribution >= 0.6 is 0 Å². The number of ether oxygens (including phenoxy) is 1. The molecule has 0 spiro atoms. The quantitative estimate of drug-likeness (QED) is 0.620. The maximum atomic E-state index is 12.8. The SMILES string of the molecule is CCOc1ccc(C2[NH+]=C(Nc3ccc(C)c(C)c3)Nc3nc(C)cc(=O)n32)cc1. The van der Waals surface area contributed by atoms with Crippen LogP contribution in [0.5, 0.6) is 5.75 Å². The zero-order valence-corrected chi connectivity index (χ0v) is 17.6. The maximum absolute atomic E-state index is 12.8. The van der Waals surface area contributed by atoms with Gasteiger partial charge in [-0.25, -0.2) is 20.2 Å². The Morgan fingerprint density at radius 2 is 1.87 bits per heavy atom. The number of aryl methyl sites for hydroxylation is 3. The third-order valence-corrected chi connectivity index (χ3v) is 5.14. The number of hydrogen-bond donors (Lipinski definition) is 3. The molecule has 1 aliphatic heterocycles. The molecule has 0 saturated heterocycles. The van der Waals surface area contributed by atoms with Crippen molar-refractivity contribution in [2.24, 2.45) is 0 Å². The lowest BCUT2D eigenvalue weighted by Gasteiger charge is -2.23. The number of rotatable bonds is 4. The summed E-state index contributed by atoms with van der Waals surface area (Å²) >= 11 is 0. The number of benzene rings is 2. The van der Waals surface area contributed by atoms with Gasteiger partial charge in [-0.3, -0.25) is 9.79 Å². The molecular weight excluding hydrogens is 378 g/mol. The first kappa shape index (κ1) is 19.7. The molecule has 3 aromatic rings. The van der Waals surface area contributed by atoms with Crippen LogP contribution in [0.4, 0.5) is 11.6 Å². The van der Waals surface area contributed by atoms with E-state index in [2.05, 4.69) is 46.6 Å². The Balaban J connectivity index is 1.75. The van der Waals surface area contributed by atoms with Gasteiger partial charge in [-0.05, 0) is 75.2 Å². The van der Waals surface area contributed by atoms with Crippen LogP contribution in [0.1, 0.15) is 35.5 Å². The fourth-order valence-electron chi connectivity index (χ4n) is 3.47. The second kappa shape index (κ2) is 8.02. The number of nitrogens with one attached hydrogen (secondary N) is 3. The highest BCUT2D eigenvalue weighted by atomic mass is 16.5. The molecule has 1 unspecified atom stereocenters. The molecular formula is C23H26N5O2+. The topological polar surface area (TPSA) is 82.2 Å². The lowest BCUT2D eigenvalue weighted by molar-refractivity contribution is -0.520. The molecule has 1 aliphatic rings. The Labute approximate surface area is 175 Å². The predicted octanol–water partition coefficient (Wildman–Crippen LogP) is 2.09. The first-order chi connectivity index (χ1) is 14.4. The van der Waals surface area contributed by atoms with Crippen molar-refractivity contribution >= 4 is 17.6 Å². The first-order valence-electron chi connectivity index (χ1n) is 10.0. The number of aromatic nitrogens is 2. The van der Waals surface area contributed by atoms with Gasteiger partial charge in [-0.15, -0.1) is 0 Å². The summed E-state index contributed by atoms with van der Waals surface area (Å²) in [6.45, 7) is 8.53. The highest BCUT2D eigenvalue weighted by molar-refractivity contribution is 5.99. The average molecular weight is 404 g/mol. The van der Waals surface area contributed by atoms with Gasteiger partial charge in [0.15, 0.2) is 6.17 Å². The average Bonchev–Trinajstić information content (AvgIpc) is 2.70. The van der Waals surface area contributed by atoms with Crippen molar-refractivity contribution in [1.29, 1.82) is 0 Å². The largest absolute Gasteiger partial charge is 0.494 e. The number of hydrogen-bond acceptors (Lipinski definition) is 5.